The number of nitrogens with one attached hydrogen (secondary N) is 1. The number of aromatic amines is 1. The summed E-state index contributed by atoms with van der Waals surface area (Å²) < 4.78 is 0. The number of nitrogens with zero attached hydrogens (tertiary/aromatic N) is 1. The van der Waals surface area contributed by atoms with Crippen LogP contribution in [0.4, 0.5) is 0 Å². The average Bonchev–Trinajstić information content (AvgIpc) is 2.75. The molecule has 1 amide bonds. The lowest BCUT2D eigenvalue weighted by Gasteiger charge is -2.44. The molecule has 4 heteroatoms. The lowest BCUT2D eigenvalue weighted by atomic mass is 9.69. The number of rotatable bonds is 3. The van der Waals surface area contributed by atoms with Crippen LogP contribution < -0.4 is 5.56 Å². The van der Waals surface area contributed by atoms with Crippen molar-refractivity contribution >= 4 is 5.91 Å². The van der Waals surface area contributed by atoms with Crippen molar-refractivity contribution < 1.29 is 4.79 Å². The normalized spacial score (nSPS) is 16.1. The number of pyridine rings is 1. The van der Waals surface area contributed by atoms with E-state index < -0.39 is 0 Å². The van der Waals surface area contributed by atoms with Crippen molar-refractivity contribution in [3.05, 3.63) is 106 Å². The molecule has 4 nitrogen and oxygen atoms in total. The lowest BCUT2D eigenvalue weighted by Crippen LogP contribution is -2.50. The predicted octanol–water partition coefficient (Wildman–Crippen LogP) is 3.60. The zero-order valence-corrected chi connectivity index (χ0v) is 15.1. The second kappa shape index (κ2) is 7.23. The molecule has 3 aromatic rings. The minimum atomic E-state index is -0.335. The van der Waals surface area contributed by atoms with Gasteiger partial charge in [0.1, 0.15) is 5.56 Å². The topological polar surface area (TPSA) is 53.2 Å². The quantitative estimate of drug-likeness (QED) is 0.778. The Kier molecular flexibility index (Phi) is 4.63. The molecule has 0 radical (unpaired) electrons. The Morgan fingerprint density at radius 3 is 2.11 bits per heavy atom. The highest BCUT2D eigenvalue weighted by molar-refractivity contribution is 5.94. The van der Waals surface area contributed by atoms with E-state index in [1.165, 1.54) is 11.1 Å². The zero-order valence-electron chi connectivity index (χ0n) is 15.1. The fourth-order valence-corrected chi connectivity index (χ4v) is 4.14. The third kappa shape index (κ3) is 3.19. The molecule has 1 aromatic heterocycles. The molecule has 1 fully saturated rings. The second-order valence-corrected chi connectivity index (χ2v) is 7.06. The predicted molar refractivity (Wildman–Crippen MR) is 106 cm³/mol. The van der Waals surface area contributed by atoms with Gasteiger partial charge in [-0.2, -0.15) is 0 Å². The highest BCUT2D eigenvalue weighted by atomic mass is 16.2. The number of benzene rings is 2. The van der Waals surface area contributed by atoms with Crippen LogP contribution in [0.15, 0.2) is 83.8 Å². The van der Waals surface area contributed by atoms with Crippen LogP contribution in [-0.4, -0.2) is 28.9 Å². The van der Waals surface area contributed by atoms with Crippen LogP contribution >= 0.6 is 0 Å². The second-order valence-electron chi connectivity index (χ2n) is 7.06. The Balaban J connectivity index is 1.76. The van der Waals surface area contributed by atoms with Crippen LogP contribution in [0.1, 0.15) is 34.3 Å². The van der Waals surface area contributed by atoms with Crippen LogP contribution in [0.2, 0.25) is 0 Å². The summed E-state index contributed by atoms with van der Waals surface area (Å²) in [6, 6.07) is 24.0. The first-order valence-corrected chi connectivity index (χ1v) is 9.29. The smallest absolute Gasteiger partial charge is 0.260 e. The van der Waals surface area contributed by atoms with E-state index in [1.807, 2.05) is 41.3 Å². The Bertz CT molecular complexity index is 940. The molecular formula is C23H22N2O2. The Hall–Kier alpha value is -3.14. The van der Waals surface area contributed by atoms with E-state index >= 15 is 0 Å². The van der Waals surface area contributed by atoms with Gasteiger partial charge in [0.15, 0.2) is 0 Å². The first kappa shape index (κ1) is 17.3. The van der Waals surface area contributed by atoms with E-state index in [2.05, 4.69) is 29.2 Å². The first-order valence-electron chi connectivity index (χ1n) is 9.29. The van der Waals surface area contributed by atoms with Crippen molar-refractivity contribution in [1.29, 1.82) is 0 Å². The van der Waals surface area contributed by atoms with E-state index in [0.717, 1.165) is 12.8 Å². The summed E-state index contributed by atoms with van der Waals surface area (Å²) in [5.41, 5.74) is 2.01. The average molecular weight is 358 g/mol. The summed E-state index contributed by atoms with van der Waals surface area (Å²) >= 11 is 0. The SMILES string of the molecule is O=C(c1ccc[nH]c1=O)N1CCCC(c2ccccc2)(c2ccccc2)C1. The van der Waals surface area contributed by atoms with Crippen molar-refractivity contribution in [2.75, 3.05) is 13.1 Å². The van der Waals surface area contributed by atoms with E-state index in [0.29, 0.717) is 13.1 Å². The van der Waals surface area contributed by atoms with Gasteiger partial charge in [-0.3, -0.25) is 9.59 Å². The molecule has 0 aliphatic carbocycles. The van der Waals surface area contributed by atoms with E-state index in [1.54, 1.807) is 18.3 Å². The van der Waals surface area contributed by atoms with E-state index in [9.17, 15) is 9.59 Å². The number of hydrogen-bond acceptors (Lipinski definition) is 2. The summed E-state index contributed by atoms with van der Waals surface area (Å²) in [6.07, 6.45) is 3.41. The van der Waals surface area contributed by atoms with E-state index in [-0.39, 0.29) is 22.4 Å². The minimum Gasteiger partial charge on any atom is -0.337 e. The monoisotopic (exact) mass is 358 g/mol. The number of aromatic nitrogens is 1. The van der Waals surface area contributed by atoms with Gasteiger partial charge in [0.05, 0.1) is 0 Å². The minimum absolute atomic E-state index is 0.201. The number of hydrogen-bond donors (Lipinski definition) is 1. The van der Waals surface area contributed by atoms with Gasteiger partial charge in [-0.15, -0.1) is 0 Å². The van der Waals surface area contributed by atoms with Crippen molar-refractivity contribution in [3.63, 3.8) is 0 Å². The maximum atomic E-state index is 13.1. The Morgan fingerprint density at radius 1 is 0.889 bits per heavy atom. The zero-order chi connectivity index (χ0) is 18.7. The third-order valence-electron chi connectivity index (χ3n) is 5.48. The van der Waals surface area contributed by atoms with Crippen LogP contribution in [0, 0.1) is 0 Å². The van der Waals surface area contributed by atoms with Gasteiger partial charge in [0.25, 0.3) is 11.5 Å². The molecule has 1 N–H and O–H groups in total. The maximum Gasteiger partial charge on any atom is 0.260 e. The molecule has 0 saturated carbocycles. The van der Waals surface area contributed by atoms with Gasteiger partial charge in [-0.1, -0.05) is 60.7 Å². The van der Waals surface area contributed by atoms with Gasteiger partial charge in [-0.25, -0.2) is 0 Å². The molecule has 2 aromatic carbocycles. The number of amides is 1. The number of H-pyrrole nitrogens is 1. The van der Waals surface area contributed by atoms with Crippen LogP contribution in [0.3, 0.4) is 0 Å². The molecular weight excluding hydrogens is 336 g/mol. The summed E-state index contributed by atoms with van der Waals surface area (Å²) in [5.74, 6) is -0.201. The summed E-state index contributed by atoms with van der Waals surface area (Å²) in [7, 11) is 0. The van der Waals surface area contributed by atoms with Crippen LogP contribution in [0.5, 0.6) is 0 Å². The number of likely N-dealkylation sites (tertiary alicyclic amines) is 1. The number of carbonyl (C=O) groups excluding carboxylic acids is 1. The van der Waals surface area contributed by atoms with Crippen LogP contribution in [-0.2, 0) is 5.41 Å². The molecule has 0 spiro atoms. The molecule has 0 atom stereocenters. The lowest BCUT2D eigenvalue weighted by molar-refractivity contribution is 0.0664. The van der Waals surface area contributed by atoms with Crippen molar-refractivity contribution in [3.8, 4) is 0 Å². The van der Waals surface area contributed by atoms with Crippen molar-refractivity contribution in [2.24, 2.45) is 0 Å². The Morgan fingerprint density at radius 2 is 1.52 bits per heavy atom. The first-order chi connectivity index (χ1) is 13.2. The van der Waals surface area contributed by atoms with Gasteiger partial charge >= 0.3 is 0 Å². The van der Waals surface area contributed by atoms with Gasteiger partial charge in [-0.05, 0) is 36.1 Å². The maximum absolute atomic E-state index is 13.1. The van der Waals surface area contributed by atoms with Gasteiger partial charge in [0.2, 0.25) is 0 Å². The van der Waals surface area contributed by atoms with Gasteiger partial charge in [0, 0.05) is 24.7 Å². The van der Waals surface area contributed by atoms with Crippen molar-refractivity contribution in [1.82, 2.24) is 9.88 Å². The molecule has 0 bridgehead atoms. The highest BCUT2D eigenvalue weighted by Crippen LogP contribution is 2.40. The fourth-order valence-electron chi connectivity index (χ4n) is 4.14. The van der Waals surface area contributed by atoms with Crippen LogP contribution in [0.25, 0.3) is 0 Å². The molecule has 136 valence electrons. The third-order valence-corrected chi connectivity index (χ3v) is 5.48. The van der Waals surface area contributed by atoms with Crippen molar-refractivity contribution in [2.45, 2.75) is 18.3 Å². The molecule has 1 aliphatic rings. The number of carbonyl (C=O) groups is 1. The van der Waals surface area contributed by atoms with E-state index in [4.69, 9.17) is 0 Å². The molecule has 4 rings (SSSR count). The number of piperidine rings is 1. The largest absolute Gasteiger partial charge is 0.337 e. The summed E-state index contributed by atoms with van der Waals surface area (Å²) in [6.45, 7) is 1.22. The molecule has 1 aliphatic heterocycles. The highest BCUT2D eigenvalue weighted by Gasteiger charge is 2.40. The van der Waals surface area contributed by atoms with Gasteiger partial charge < -0.3 is 9.88 Å². The molecule has 1 saturated heterocycles. The molecule has 27 heavy (non-hydrogen) atoms. The Labute approximate surface area is 158 Å². The molecule has 2 heterocycles. The summed E-state index contributed by atoms with van der Waals surface area (Å²) in [5, 5.41) is 0. The summed E-state index contributed by atoms with van der Waals surface area (Å²) in [4.78, 5) is 29.6. The fraction of sp³-hybridized carbons (Fsp3) is 0.217. The standard InChI is InChI=1S/C23H22N2O2/c26-21-20(13-7-15-24-21)22(27)25-16-8-14-23(17-25,18-9-3-1-4-10-18)19-11-5-2-6-12-19/h1-7,9-13,15H,8,14,16-17H2,(H,24,26). The molecule has 0 unspecified atom stereocenters.